The molecule has 0 aliphatic heterocycles. The van der Waals surface area contributed by atoms with Gasteiger partial charge in [-0.25, -0.2) is 9.59 Å². The van der Waals surface area contributed by atoms with Crippen molar-refractivity contribution in [2.45, 2.75) is 83.5 Å². The number of anilines is 1. The van der Waals surface area contributed by atoms with Crippen molar-refractivity contribution in [2.24, 2.45) is 5.73 Å². The molecule has 8 N–H and O–H groups in total. The van der Waals surface area contributed by atoms with Crippen LogP contribution in [-0.2, 0) is 36.8 Å². The minimum absolute atomic E-state index is 0.0720. The minimum Gasteiger partial charge on any atom is -0.444 e. The molecule has 0 aliphatic carbocycles. The Kier molecular flexibility index (Phi) is 15.6. The normalized spacial score (nSPS) is 12.7. The smallest absolute Gasteiger partial charge is 0.408 e. The number of amides is 7. The summed E-state index contributed by atoms with van der Waals surface area (Å²) in [6.45, 7) is 6.80. The first-order chi connectivity index (χ1) is 27.1. The van der Waals surface area contributed by atoms with Crippen molar-refractivity contribution >= 4 is 52.3 Å². The molecule has 4 aromatic rings. The van der Waals surface area contributed by atoms with Crippen LogP contribution in [0.4, 0.5) is 15.3 Å². The number of alkyl carbamates (subject to hydrolysis) is 1. The number of carbonyl (C=O) groups excluding carboxylic acids is 6. The number of aromatic nitrogens is 1. The molecule has 0 fully saturated rings. The zero-order valence-electron chi connectivity index (χ0n) is 33.1. The molecule has 4 rings (SSSR count). The fourth-order valence-corrected chi connectivity index (χ4v) is 6.13. The number of nitrogens with zero attached hydrogens (tertiary/aromatic N) is 1. The molecule has 3 atom stereocenters. The molecule has 0 radical (unpaired) electrons. The van der Waals surface area contributed by atoms with E-state index in [1.165, 1.54) is 11.9 Å². The molecule has 57 heavy (non-hydrogen) atoms. The van der Waals surface area contributed by atoms with E-state index in [0.717, 1.165) is 27.6 Å². The predicted molar refractivity (Wildman–Crippen MR) is 218 cm³/mol. The standard InChI is InChI=1S/C42H54N8O7/c1-27-15-9-11-19-31(27)48-40(55)44-22-14-13-21-33(38(53)46-26-36(51)50(5)35(37(43)52)23-28-16-7-6-8-17-28)47-39(54)34(49-41(56)57-42(2,3)4)24-29-25-45-32-20-12-10-18-30(29)32/h6-12,15-20,25,33-35,45H,13-14,21-24,26H2,1-5H3,(H2,43,52)(H,46,53)(H,47,54)(H,49,56)(H2,44,48,55)/t33-,34?,35?/m0/s1. The number of ether oxygens (including phenoxy) is 1. The third kappa shape index (κ3) is 13.7. The highest BCUT2D eigenvalue weighted by Crippen LogP contribution is 2.20. The van der Waals surface area contributed by atoms with Crippen molar-refractivity contribution < 1.29 is 33.5 Å². The highest BCUT2D eigenvalue weighted by atomic mass is 16.6. The lowest BCUT2D eigenvalue weighted by molar-refractivity contribution is -0.138. The molecule has 15 nitrogen and oxygen atoms in total. The number of rotatable bonds is 18. The van der Waals surface area contributed by atoms with Crippen molar-refractivity contribution in [3.05, 3.63) is 102 Å². The number of aromatic amines is 1. The van der Waals surface area contributed by atoms with Crippen molar-refractivity contribution in [3.8, 4) is 0 Å². The number of para-hydroxylation sites is 2. The lowest BCUT2D eigenvalue weighted by Gasteiger charge is -2.27. The summed E-state index contributed by atoms with van der Waals surface area (Å²) in [6.07, 6.45) is 2.18. The average molecular weight is 783 g/mol. The first-order valence-corrected chi connectivity index (χ1v) is 18.9. The van der Waals surface area contributed by atoms with Gasteiger partial charge in [0.2, 0.25) is 23.6 Å². The van der Waals surface area contributed by atoms with Crippen LogP contribution in [0.5, 0.6) is 0 Å². The number of nitrogens with two attached hydrogens (primary N) is 1. The second-order valence-corrected chi connectivity index (χ2v) is 14.8. The average Bonchev–Trinajstić information content (AvgIpc) is 3.57. The number of likely N-dealkylation sites (N-methyl/N-ethyl adjacent to an activating group) is 1. The number of carbonyl (C=O) groups is 6. The van der Waals surface area contributed by atoms with Gasteiger partial charge < -0.3 is 46.9 Å². The number of H-pyrrole nitrogens is 1. The van der Waals surface area contributed by atoms with E-state index >= 15 is 0 Å². The van der Waals surface area contributed by atoms with Gasteiger partial charge in [-0.2, -0.15) is 0 Å². The first-order valence-electron chi connectivity index (χ1n) is 18.9. The Hall–Kier alpha value is -6.38. The van der Waals surface area contributed by atoms with E-state index in [9.17, 15) is 28.8 Å². The van der Waals surface area contributed by atoms with Gasteiger partial charge >= 0.3 is 12.1 Å². The summed E-state index contributed by atoms with van der Waals surface area (Å²) in [6, 6.07) is 20.4. The van der Waals surface area contributed by atoms with Crippen LogP contribution in [0.3, 0.4) is 0 Å². The number of benzene rings is 3. The van der Waals surface area contributed by atoms with Gasteiger partial charge in [-0.15, -0.1) is 0 Å². The van der Waals surface area contributed by atoms with E-state index in [0.29, 0.717) is 18.5 Å². The van der Waals surface area contributed by atoms with Crippen molar-refractivity contribution in [2.75, 3.05) is 25.5 Å². The van der Waals surface area contributed by atoms with Crippen LogP contribution < -0.4 is 32.3 Å². The van der Waals surface area contributed by atoms with E-state index in [-0.39, 0.29) is 31.8 Å². The van der Waals surface area contributed by atoms with Gasteiger partial charge in [-0.3, -0.25) is 19.2 Å². The van der Waals surface area contributed by atoms with Crippen molar-refractivity contribution in [1.82, 2.24) is 31.2 Å². The Balaban J connectivity index is 1.46. The zero-order valence-corrected chi connectivity index (χ0v) is 33.1. The summed E-state index contributed by atoms with van der Waals surface area (Å²) in [7, 11) is 1.44. The molecule has 1 heterocycles. The minimum atomic E-state index is -1.15. The van der Waals surface area contributed by atoms with Crippen molar-refractivity contribution in [3.63, 3.8) is 0 Å². The summed E-state index contributed by atoms with van der Waals surface area (Å²) in [4.78, 5) is 83.3. The first kappa shape index (κ1) is 43.3. The van der Waals surface area contributed by atoms with E-state index in [1.807, 2.05) is 79.7 Å². The maximum absolute atomic E-state index is 14.0. The predicted octanol–water partition coefficient (Wildman–Crippen LogP) is 4.06. The van der Waals surface area contributed by atoms with Crippen LogP contribution in [0.25, 0.3) is 10.9 Å². The molecule has 0 aliphatic rings. The van der Waals surface area contributed by atoms with Gasteiger partial charge in [0.05, 0.1) is 6.54 Å². The Morgan fingerprint density at radius 2 is 1.49 bits per heavy atom. The molecule has 0 bridgehead atoms. The van der Waals surface area contributed by atoms with Crippen LogP contribution in [0, 0.1) is 6.92 Å². The topological polar surface area (TPSA) is 217 Å². The number of primary amides is 1. The molecule has 304 valence electrons. The highest BCUT2D eigenvalue weighted by Gasteiger charge is 2.31. The van der Waals surface area contributed by atoms with Crippen molar-refractivity contribution in [1.29, 1.82) is 0 Å². The van der Waals surface area contributed by atoms with E-state index < -0.39 is 60.0 Å². The fourth-order valence-electron chi connectivity index (χ4n) is 6.13. The maximum atomic E-state index is 14.0. The Bertz CT molecular complexity index is 2010. The molecule has 3 aromatic carbocycles. The van der Waals surface area contributed by atoms with Gasteiger partial charge in [-0.1, -0.05) is 66.7 Å². The molecule has 1 aromatic heterocycles. The van der Waals surface area contributed by atoms with Gasteiger partial charge in [-0.05, 0) is 75.8 Å². The molecule has 0 saturated carbocycles. The second-order valence-electron chi connectivity index (χ2n) is 14.8. The van der Waals surface area contributed by atoms with Gasteiger partial charge in [0.1, 0.15) is 23.7 Å². The second kappa shape index (κ2) is 20.5. The van der Waals surface area contributed by atoms with E-state index in [2.05, 4.69) is 31.6 Å². The van der Waals surface area contributed by atoms with Crippen LogP contribution in [0.1, 0.15) is 56.7 Å². The van der Waals surface area contributed by atoms with E-state index in [1.54, 1.807) is 33.0 Å². The molecule has 15 heteroatoms. The van der Waals surface area contributed by atoms with Crippen LogP contribution in [-0.4, -0.2) is 89.5 Å². The third-order valence-electron chi connectivity index (χ3n) is 9.21. The van der Waals surface area contributed by atoms with Crippen LogP contribution in [0.15, 0.2) is 85.1 Å². The summed E-state index contributed by atoms with van der Waals surface area (Å²) >= 11 is 0. The molecular weight excluding hydrogens is 729 g/mol. The zero-order chi connectivity index (χ0) is 41.5. The molecule has 2 unspecified atom stereocenters. The number of urea groups is 1. The molecule has 0 saturated heterocycles. The fraction of sp³-hybridized carbons (Fsp3) is 0.381. The Morgan fingerprint density at radius 1 is 0.807 bits per heavy atom. The summed E-state index contributed by atoms with van der Waals surface area (Å²) in [5.41, 5.74) is 8.82. The highest BCUT2D eigenvalue weighted by molar-refractivity contribution is 5.94. The SMILES string of the molecule is Cc1ccccc1NC(=O)NCCCC[C@H](NC(=O)C(Cc1c[nH]c2ccccc12)NC(=O)OC(C)(C)C)C(=O)NCC(=O)N(C)C(Cc1ccccc1)C(N)=O. The lowest BCUT2D eigenvalue weighted by Crippen LogP contribution is -2.56. The summed E-state index contributed by atoms with van der Waals surface area (Å²) in [5.74, 6) is -2.58. The number of nitrogens with one attached hydrogen (secondary N) is 6. The largest absolute Gasteiger partial charge is 0.444 e. The van der Waals surface area contributed by atoms with Gasteiger partial charge in [0, 0.05) is 49.2 Å². The van der Waals surface area contributed by atoms with Gasteiger partial charge in [0.25, 0.3) is 0 Å². The summed E-state index contributed by atoms with van der Waals surface area (Å²) in [5, 5.41) is 14.5. The third-order valence-corrected chi connectivity index (χ3v) is 9.21. The number of hydrogen-bond acceptors (Lipinski definition) is 7. The lowest BCUT2D eigenvalue weighted by atomic mass is 10.0. The molecule has 7 amide bonds. The monoisotopic (exact) mass is 782 g/mol. The molecular formula is C42H54N8O7. The molecule has 0 spiro atoms. The van der Waals surface area contributed by atoms with Gasteiger partial charge in [0.15, 0.2) is 0 Å². The summed E-state index contributed by atoms with van der Waals surface area (Å²) < 4.78 is 5.46. The maximum Gasteiger partial charge on any atom is 0.408 e. The number of fused-ring (bicyclic) bond motifs is 1. The Morgan fingerprint density at radius 3 is 2.19 bits per heavy atom. The van der Waals surface area contributed by atoms with Crippen LogP contribution >= 0.6 is 0 Å². The number of unbranched alkanes of at least 4 members (excludes halogenated alkanes) is 1. The number of aryl methyl sites for hydroxylation is 1. The van der Waals surface area contributed by atoms with E-state index in [4.69, 9.17) is 10.5 Å². The number of hydrogen-bond donors (Lipinski definition) is 7. The Labute approximate surface area is 332 Å². The van der Waals surface area contributed by atoms with Crippen LogP contribution in [0.2, 0.25) is 0 Å². The quantitative estimate of drug-likeness (QED) is 0.0734.